The van der Waals surface area contributed by atoms with Crippen LogP contribution in [0.25, 0.3) is 0 Å². The molecule has 0 aliphatic carbocycles. The molecule has 0 spiro atoms. The van der Waals surface area contributed by atoms with Gasteiger partial charge in [-0.25, -0.2) is 0 Å². The minimum Gasteiger partial charge on any atom is -0.504 e. The van der Waals surface area contributed by atoms with Crippen LogP contribution in [-0.2, 0) is 0 Å². The second-order valence-corrected chi connectivity index (χ2v) is 4.04. The highest BCUT2D eigenvalue weighted by molar-refractivity contribution is 9.09. The maximum absolute atomic E-state index is 12.0. The lowest BCUT2D eigenvalue weighted by Crippen LogP contribution is -2.32. The van der Waals surface area contributed by atoms with Crippen LogP contribution in [0.1, 0.15) is 17.3 Å². The predicted octanol–water partition coefficient (Wildman–Crippen LogP) is 1.95. The van der Waals surface area contributed by atoms with Gasteiger partial charge in [0.2, 0.25) is 0 Å². The first-order chi connectivity index (χ1) is 7.61. The molecular weight excluding hydrogens is 274 g/mol. The van der Waals surface area contributed by atoms with Crippen LogP contribution >= 0.6 is 15.9 Å². The van der Waals surface area contributed by atoms with E-state index in [-0.39, 0.29) is 23.0 Å². The molecule has 0 atom stereocenters. The first-order valence-corrected chi connectivity index (χ1v) is 6.10. The second kappa shape index (κ2) is 5.75. The number of aromatic hydroxyl groups is 2. The summed E-state index contributed by atoms with van der Waals surface area (Å²) in [7, 11) is 0. The van der Waals surface area contributed by atoms with Gasteiger partial charge in [0.15, 0.2) is 11.5 Å². The molecule has 5 heteroatoms. The number of amides is 1. The minimum atomic E-state index is -0.361. The van der Waals surface area contributed by atoms with Crippen LogP contribution in [0.5, 0.6) is 11.5 Å². The number of carbonyl (C=O) groups is 1. The van der Waals surface area contributed by atoms with Gasteiger partial charge in [-0.15, -0.1) is 0 Å². The van der Waals surface area contributed by atoms with Crippen molar-refractivity contribution in [3.8, 4) is 11.5 Å². The molecule has 0 aromatic heterocycles. The number of para-hydroxylation sites is 1. The number of benzene rings is 1. The molecule has 0 aliphatic heterocycles. The number of halogens is 1. The van der Waals surface area contributed by atoms with E-state index >= 15 is 0 Å². The Morgan fingerprint density at radius 3 is 2.69 bits per heavy atom. The molecule has 0 bridgehead atoms. The monoisotopic (exact) mass is 287 g/mol. The Kier molecular flexibility index (Phi) is 4.61. The number of nitrogens with zero attached hydrogens (tertiary/aromatic N) is 1. The first kappa shape index (κ1) is 12.8. The summed E-state index contributed by atoms with van der Waals surface area (Å²) >= 11 is 3.26. The van der Waals surface area contributed by atoms with Gasteiger partial charge in [-0.05, 0) is 19.1 Å². The van der Waals surface area contributed by atoms with E-state index in [0.717, 1.165) is 0 Å². The zero-order valence-corrected chi connectivity index (χ0v) is 10.6. The van der Waals surface area contributed by atoms with Gasteiger partial charge in [-0.1, -0.05) is 22.0 Å². The fraction of sp³-hybridized carbons (Fsp3) is 0.364. The van der Waals surface area contributed by atoms with Gasteiger partial charge < -0.3 is 15.1 Å². The fourth-order valence-electron chi connectivity index (χ4n) is 1.38. The summed E-state index contributed by atoms with van der Waals surface area (Å²) in [5.41, 5.74) is 0.128. The molecule has 0 saturated heterocycles. The van der Waals surface area contributed by atoms with Crippen LogP contribution in [0.4, 0.5) is 0 Å². The molecule has 0 heterocycles. The van der Waals surface area contributed by atoms with Crippen molar-refractivity contribution in [2.45, 2.75) is 6.92 Å². The van der Waals surface area contributed by atoms with Crippen molar-refractivity contribution in [3.05, 3.63) is 23.8 Å². The van der Waals surface area contributed by atoms with Gasteiger partial charge >= 0.3 is 0 Å². The number of phenolic OH excluding ortho intramolecular Hbond substituents is 2. The summed E-state index contributed by atoms with van der Waals surface area (Å²) in [6, 6.07) is 4.37. The Balaban J connectivity index is 2.99. The summed E-state index contributed by atoms with van der Waals surface area (Å²) in [5.74, 6) is -0.920. The SMILES string of the molecule is CCN(CCBr)C(=O)c1cccc(O)c1O. The normalized spacial score (nSPS) is 10.1. The van der Waals surface area contributed by atoms with E-state index in [0.29, 0.717) is 18.4 Å². The summed E-state index contributed by atoms with van der Waals surface area (Å²) in [6.45, 7) is 2.98. The van der Waals surface area contributed by atoms with Gasteiger partial charge in [-0.2, -0.15) is 0 Å². The first-order valence-electron chi connectivity index (χ1n) is 4.98. The number of alkyl halides is 1. The molecule has 1 aromatic rings. The lowest BCUT2D eigenvalue weighted by molar-refractivity contribution is 0.0771. The van der Waals surface area contributed by atoms with Crippen LogP contribution in [0.3, 0.4) is 0 Å². The van der Waals surface area contributed by atoms with E-state index in [1.165, 1.54) is 18.2 Å². The molecule has 1 aromatic carbocycles. The van der Waals surface area contributed by atoms with Crippen molar-refractivity contribution < 1.29 is 15.0 Å². The third kappa shape index (κ3) is 2.66. The molecule has 16 heavy (non-hydrogen) atoms. The lowest BCUT2D eigenvalue weighted by Gasteiger charge is -2.20. The van der Waals surface area contributed by atoms with Gasteiger partial charge in [-0.3, -0.25) is 4.79 Å². The maximum atomic E-state index is 12.0. The van der Waals surface area contributed by atoms with E-state index in [4.69, 9.17) is 0 Å². The van der Waals surface area contributed by atoms with Crippen molar-refractivity contribution in [1.82, 2.24) is 4.90 Å². The molecule has 88 valence electrons. The van der Waals surface area contributed by atoms with Crippen LogP contribution < -0.4 is 0 Å². The predicted molar refractivity (Wildman–Crippen MR) is 65.1 cm³/mol. The smallest absolute Gasteiger partial charge is 0.257 e. The van der Waals surface area contributed by atoms with Crippen molar-refractivity contribution in [2.24, 2.45) is 0 Å². The van der Waals surface area contributed by atoms with Gasteiger partial charge in [0.05, 0.1) is 5.56 Å². The summed E-state index contributed by atoms with van der Waals surface area (Å²) < 4.78 is 0. The maximum Gasteiger partial charge on any atom is 0.257 e. The van der Waals surface area contributed by atoms with E-state index in [9.17, 15) is 15.0 Å². The second-order valence-electron chi connectivity index (χ2n) is 3.25. The van der Waals surface area contributed by atoms with E-state index in [2.05, 4.69) is 15.9 Å². The summed E-state index contributed by atoms with van der Waals surface area (Å²) in [6.07, 6.45) is 0. The minimum absolute atomic E-state index is 0.128. The molecule has 0 radical (unpaired) electrons. The molecule has 2 N–H and O–H groups in total. The number of rotatable bonds is 4. The Morgan fingerprint density at radius 1 is 1.44 bits per heavy atom. The molecule has 1 rings (SSSR count). The third-order valence-electron chi connectivity index (χ3n) is 2.27. The number of hydrogen-bond donors (Lipinski definition) is 2. The van der Waals surface area contributed by atoms with Crippen molar-refractivity contribution >= 4 is 21.8 Å². The fourth-order valence-corrected chi connectivity index (χ4v) is 1.81. The van der Waals surface area contributed by atoms with Crippen molar-refractivity contribution in [3.63, 3.8) is 0 Å². The Morgan fingerprint density at radius 2 is 2.12 bits per heavy atom. The average Bonchev–Trinajstić information content (AvgIpc) is 2.29. The molecule has 4 nitrogen and oxygen atoms in total. The van der Waals surface area contributed by atoms with Crippen LogP contribution in [0.15, 0.2) is 18.2 Å². The number of carbonyl (C=O) groups excluding carboxylic acids is 1. The molecule has 0 saturated carbocycles. The van der Waals surface area contributed by atoms with E-state index < -0.39 is 0 Å². The average molecular weight is 288 g/mol. The largest absolute Gasteiger partial charge is 0.504 e. The highest BCUT2D eigenvalue weighted by atomic mass is 79.9. The van der Waals surface area contributed by atoms with E-state index in [1.54, 1.807) is 4.90 Å². The standard InChI is InChI=1S/C11H14BrNO3/c1-2-13(7-6-12)11(16)8-4-3-5-9(14)10(8)15/h3-5,14-15H,2,6-7H2,1H3. The summed E-state index contributed by atoms with van der Waals surface area (Å²) in [5, 5.41) is 19.5. The van der Waals surface area contributed by atoms with Gasteiger partial charge in [0, 0.05) is 18.4 Å². The number of hydrogen-bond acceptors (Lipinski definition) is 3. The molecular formula is C11H14BrNO3. The van der Waals surface area contributed by atoms with Gasteiger partial charge in [0.1, 0.15) is 0 Å². The molecule has 0 aliphatic rings. The van der Waals surface area contributed by atoms with Crippen molar-refractivity contribution in [1.29, 1.82) is 0 Å². The molecule has 0 fully saturated rings. The highest BCUT2D eigenvalue weighted by Gasteiger charge is 2.18. The molecule has 1 amide bonds. The lowest BCUT2D eigenvalue weighted by atomic mass is 10.1. The zero-order valence-electron chi connectivity index (χ0n) is 8.98. The van der Waals surface area contributed by atoms with Crippen LogP contribution in [-0.4, -0.2) is 39.4 Å². The van der Waals surface area contributed by atoms with E-state index in [1.807, 2.05) is 6.92 Å². The Labute approximate surface area is 103 Å². The van der Waals surface area contributed by atoms with Crippen LogP contribution in [0.2, 0.25) is 0 Å². The van der Waals surface area contributed by atoms with Crippen LogP contribution in [0, 0.1) is 0 Å². The summed E-state index contributed by atoms with van der Waals surface area (Å²) in [4.78, 5) is 13.6. The zero-order chi connectivity index (χ0) is 12.1. The topological polar surface area (TPSA) is 60.8 Å². The Bertz CT molecular complexity index is 381. The van der Waals surface area contributed by atoms with Crippen molar-refractivity contribution in [2.75, 3.05) is 18.4 Å². The third-order valence-corrected chi connectivity index (χ3v) is 2.62. The quantitative estimate of drug-likeness (QED) is 0.657. The van der Waals surface area contributed by atoms with Gasteiger partial charge in [0.25, 0.3) is 5.91 Å². The Hall–Kier alpha value is -1.23. The number of phenols is 2. The highest BCUT2D eigenvalue weighted by Crippen LogP contribution is 2.29. The molecule has 0 unspecified atom stereocenters.